The topological polar surface area (TPSA) is 55.1 Å². The number of hydrogen-bond donors (Lipinski definition) is 2. The molecule has 4 heteroatoms. The van der Waals surface area contributed by atoms with Gasteiger partial charge in [-0.1, -0.05) is 23.7 Å². The minimum Gasteiger partial charge on any atom is -0.370 e. The molecular weight excluding hydrogens is 248 g/mol. The molecule has 0 saturated heterocycles. The lowest BCUT2D eigenvalue weighted by Gasteiger charge is -2.08. The van der Waals surface area contributed by atoms with Crippen LogP contribution in [0.2, 0.25) is 5.02 Å². The van der Waals surface area contributed by atoms with Gasteiger partial charge in [0.15, 0.2) is 0 Å². The van der Waals surface area contributed by atoms with Gasteiger partial charge in [-0.05, 0) is 42.9 Å². The SMILES string of the molecule is NC(=O)CCCc1ccc(Cl)c(CNC2CC2)c1. The molecule has 1 aromatic carbocycles. The molecule has 3 N–H and O–H groups in total. The fourth-order valence-corrected chi connectivity index (χ4v) is 2.11. The molecule has 1 amide bonds. The molecule has 0 aromatic heterocycles. The number of halogens is 1. The number of carbonyl (C=O) groups excluding carboxylic acids is 1. The van der Waals surface area contributed by atoms with Gasteiger partial charge in [0.25, 0.3) is 0 Å². The van der Waals surface area contributed by atoms with Crippen molar-refractivity contribution in [3.05, 3.63) is 34.3 Å². The maximum Gasteiger partial charge on any atom is 0.217 e. The zero-order valence-corrected chi connectivity index (χ0v) is 11.2. The van der Waals surface area contributed by atoms with E-state index in [0.29, 0.717) is 12.5 Å². The molecule has 0 bridgehead atoms. The van der Waals surface area contributed by atoms with Crippen LogP contribution in [-0.4, -0.2) is 11.9 Å². The zero-order valence-electron chi connectivity index (χ0n) is 10.4. The van der Waals surface area contributed by atoms with Crippen molar-refractivity contribution in [1.82, 2.24) is 5.32 Å². The van der Waals surface area contributed by atoms with Crippen molar-refractivity contribution in [2.45, 2.75) is 44.7 Å². The molecule has 0 unspecified atom stereocenters. The smallest absolute Gasteiger partial charge is 0.217 e. The van der Waals surface area contributed by atoms with Gasteiger partial charge in [-0.25, -0.2) is 0 Å². The predicted octanol–water partition coefficient (Wildman–Crippen LogP) is 2.40. The molecule has 18 heavy (non-hydrogen) atoms. The molecule has 0 heterocycles. The van der Waals surface area contributed by atoms with Gasteiger partial charge in [-0.3, -0.25) is 4.79 Å². The van der Waals surface area contributed by atoms with E-state index >= 15 is 0 Å². The number of aryl methyl sites for hydroxylation is 1. The Morgan fingerprint density at radius 2 is 2.22 bits per heavy atom. The van der Waals surface area contributed by atoms with Gasteiger partial charge in [0.05, 0.1) is 0 Å². The highest BCUT2D eigenvalue weighted by Gasteiger charge is 2.20. The third-order valence-electron chi connectivity index (χ3n) is 3.16. The second kappa shape index (κ2) is 6.21. The molecule has 1 fully saturated rings. The summed E-state index contributed by atoms with van der Waals surface area (Å²) in [6.45, 7) is 0.827. The van der Waals surface area contributed by atoms with Gasteiger partial charge in [-0.2, -0.15) is 0 Å². The molecule has 3 nitrogen and oxygen atoms in total. The van der Waals surface area contributed by atoms with Crippen molar-refractivity contribution in [2.24, 2.45) is 5.73 Å². The van der Waals surface area contributed by atoms with Crippen LogP contribution in [0.1, 0.15) is 36.8 Å². The normalized spacial score (nSPS) is 14.7. The maximum absolute atomic E-state index is 10.7. The van der Waals surface area contributed by atoms with E-state index in [1.165, 1.54) is 18.4 Å². The first-order valence-corrected chi connectivity index (χ1v) is 6.82. The van der Waals surface area contributed by atoms with Crippen LogP contribution in [0.3, 0.4) is 0 Å². The van der Waals surface area contributed by atoms with Crippen molar-refractivity contribution >= 4 is 17.5 Å². The summed E-state index contributed by atoms with van der Waals surface area (Å²) in [5, 5.41) is 4.26. The van der Waals surface area contributed by atoms with Crippen molar-refractivity contribution in [2.75, 3.05) is 0 Å². The molecular formula is C14H19ClN2O. The van der Waals surface area contributed by atoms with Gasteiger partial charge < -0.3 is 11.1 Å². The van der Waals surface area contributed by atoms with Crippen molar-refractivity contribution < 1.29 is 4.79 Å². The van der Waals surface area contributed by atoms with Crippen LogP contribution < -0.4 is 11.1 Å². The standard InChI is InChI=1S/C14H19ClN2O/c15-13-7-4-10(2-1-3-14(16)18)8-11(13)9-17-12-5-6-12/h4,7-8,12,17H,1-3,5-6,9H2,(H2,16,18). The lowest BCUT2D eigenvalue weighted by molar-refractivity contribution is -0.118. The molecule has 98 valence electrons. The minimum absolute atomic E-state index is 0.236. The van der Waals surface area contributed by atoms with E-state index in [2.05, 4.69) is 11.4 Å². The maximum atomic E-state index is 10.7. The fraction of sp³-hybridized carbons (Fsp3) is 0.500. The average molecular weight is 267 g/mol. The summed E-state index contributed by atoms with van der Waals surface area (Å²) in [5.41, 5.74) is 7.48. The third-order valence-corrected chi connectivity index (χ3v) is 3.53. The number of hydrogen-bond acceptors (Lipinski definition) is 2. The molecule has 1 aliphatic rings. The van der Waals surface area contributed by atoms with Gasteiger partial charge in [0.1, 0.15) is 0 Å². The Morgan fingerprint density at radius 3 is 2.89 bits per heavy atom. The van der Waals surface area contributed by atoms with Gasteiger partial charge >= 0.3 is 0 Å². The number of nitrogens with one attached hydrogen (secondary N) is 1. The summed E-state index contributed by atoms with van der Waals surface area (Å²) in [4.78, 5) is 10.7. The first-order chi connectivity index (χ1) is 8.65. The summed E-state index contributed by atoms with van der Waals surface area (Å²) in [5.74, 6) is -0.236. The average Bonchev–Trinajstić information content (AvgIpc) is 3.13. The highest BCUT2D eigenvalue weighted by atomic mass is 35.5. The molecule has 1 aliphatic carbocycles. The highest BCUT2D eigenvalue weighted by Crippen LogP contribution is 2.22. The van der Waals surface area contributed by atoms with E-state index in [1.807, 2.05) is 12.1 Å². The second-order valence-electron chi connectivity index (χ2n) is 4.90. The molecule has 0 spiro atoms. The summed E-state index contributed by atoms with van der Waals surface area (Å²) < 4.78 is 0. The van der Waals surface area contributed by atoms with Gasteiger partial charge in [0.2, 0.25) is 5.91 Å². The van der Waals surface area contributed by atoms with Crippen LogP contribution in [0.4, 0.5) is 0 Å². The Hall–Kier alpha value is -1.06. The Labute approximate surface area is 113 Å². The number of benzene rings is 1. The number of nitrogens with two attached hydrogens (primary N) is 1. The molecule has 1 aromatic rings. The van der Waals surface area contributed by atoms with Crippen LogP contribution in [-0.2, 0) is 17.8 Å². The predicted molar refractivity (Wildman–Crippen MR) is 73.4 cm³/mol. The van der Waals surface area contributed by atoms with E-state index in [9.17, 15) is 4.79 Å². The first kappa shape index (κ1) is 13.4. The lowest BCUT2D eigenvalue weighted by atomic mass is 10.0. The van der Waals surface area contributed by atoms with Crippen molar-refractivity contribution in [3.8, 4) is 0 Å². The van der Waals surface area contributed by atoms with Crippen LogP contribution in [0.5, 0.6) is 0 Å². The summed E-state index contributed by atoms with van der Waals surface area (Å²) in [6, 6.07) is 6.76. The minimum atomic E-state index is -0.236. The van der Waals surface area contributed by atoms with E-state index in [4.69, 9.17) is 17.3 Å². The fourth-order valence-electron chi connectivity index (χ4n) is 1.93. The van der Waals surface area contributed by atoms with Gasteiger partial charge in [-0.15, -0.1) is 0 Å². The number of rotatable bonds is 7. The number of carbonyl (C=O) groups is 1. The second-order valence-corrected chi connectivity index (χ2v) is 5.31. The van der Waals surface area contributed by atoms with E-state index in [-0.39, 0.29) is 5.91 Å². The van der Waals surface area contributed by atoms with Gasteiger partial charge in [0, 0.05) is 24.0 Å². The van der Waals surface area contributed by atoms with E-state index < -0.39 is 0 Å². The summed E-state index contributed by atoms with van der Waals surface area (Å²) in [7, 11) is 0. The Kier molecular flexibility index (Phi) is 4.61. The molecule has 0 radical (unpaired) electrons. The third kappa shape index (κ3) is 4.31. The summed E-state index contributed by atoms with van der Waals surface area (Å²) in [6.07, 6.45) is 4.66. The lowest BCUT2D eigenvalue weighted by Crippen LogP contribution is -2.15. The largest absolute Gasteiger partial charge is 0.370 e. The summed E-state index contributed by atoms with van der Waals surface area (Å²) >= 11 is 6.17. The van der Waals surface area contributed by atoms with Crippen LogP contribution in [0, 0.1) is 0 Å². The number of amides is 1. The number of primary amides is 1. The quantitative estimate of drug-likeness (QED) is 0.796. The van der Waals surface area contributed by atoms with Crippen molar-refractivity contribution in [3.63, 3.8) is 0 Å². The molecule has 1 saturated carbocycles. The van der Waals surface area contributed by atoms with E-state index in [1.54, 1.807) is 0 Å². The first-order valence-electron chi connectivity index (χ1n) is 6.44. The van der Waals surface area contributed by atoms with Crippen LogP contribution >= 0.6 is 11.6 Å². The monoisotopic (exact) mass is 266 g/mol. The zero-order chi connectivity index (χ0) is 13.0. The molecule has 2 rings (SSSR count). The van der Waals surface area contributed by atoms with Crippen LogP contribution in [0.15, 0.2) is 18.2 Å². The van der Waals surface area contributed by atoms with Crippen molar-refractivity contribution in [1.29, 1.82) is 0 Å². The molecule has 0 atom stereocenters. The molecule has 0 aliphatic heterocycles. The Morgan fingerprint density at radius 1 is 1.44 bits per heavy atom. The highest BCUT2D eigenvalue weighted by molar-refractivity contribution is 6.31. The Bertz CT molecular complexity index is 430. The van der Waals surface area contributed by atoms with E-state index in [0.717, 1.165) is 30.0 Å². The van der Waals surface area contributed by atoms with Crippen LogP contribution in [0.25, 0.3) is 0 Å². The Balaban J connectivity index is 1.89.